The average Bonchev–Trinajstić information content (AvgIpc) is 2.72. The van der Waals surface area contributed by atoms with Crippen molar-refractivity contribution in [3.05, 3.63) is 58.7 Å². The molecule has 160 valence electrons. The molecule has 30 heavy (non-hydrogen) atoms. The molecule has 2 aromatic rings. The average molecular weight is 408 g/mol. The fourth-order valence-corrected chi connectivity index (χ4v) is 5.96. The summed E-state index contributed by atoms with van der Waals surface area (Å²) in [7, 11) is 1.63. The van der Waals surface area contributed by atoms with E-state index < -0.39 is 0 Å². The van der Waals surface area contributed by atoms with Gasteiger partial charge in [-0.2, -0.15) is 0 Å². The molecule has 0 heterocycles. The zero-order chi connectivity index (χ0) is 21.7. The van der Waals surface area contributed by atoms with Crippen LogP contribution in [0.5, 0.6) is 5.75 Å². The molecule has 1 fully saturated rings. The molecule has 2 aromatic carbocycles. The van der Waals surface area contributed by atoms with Crippen LogP contribution in [0, 0.1) is 18.3 Å². The van der Waals surface area contributed by atoms with E-state index >= 15 is 0 Å². The second kappa shape index (κ2) is 7.42. The van der Waals surface area contributed by atoms with Crippen LogP contribution < -0.4 is 10.1 Å². The third kappa shape index (κ3) is 3.22. The summed E-state index contributed by atoms with van der Waals surface area (Å²) in [4.78, 5) is 13.1. The fraction of sp³-hybridized carbons (Fsp3) is 0.500. The lowest BCUT2D eigenvalue weighted by Crippen LogP contribution is -2.53. The molecule has 0 saturated heterocycles. The Balaban J connectivity index is 1.73. The van der Waals surface area contributed by atoms with Gasteiger partial charge >= 0.3 is 0 Å². The first-order chi connectivity index (χ1) is 14.2. The molecule has 1 saturated carbocycles. The van der Waals surface area contributed by atoms with E-state index in [1.165, 1.54) is 11.1 Å². The summed E-state index contributed by atoms with van der Waals surface area (Å²) in [5, 5.41) is 13.7. The molecule has 4 rings (SSSR count). The minimum absolute atomic E-state index is 0.0192. The van der Waals surface area contributed by atoms with Crippen molar-refractivity contribution < 1.29 is 14.6 Å². The zero-order valence-corrected chi connectivity index (χ0v) is 18.7. The minimum atomic E-state index is -0.266. The molecule has 0 aliphatic heterocycles. The summed E-state index contributed by atoms with van der Waals surface area (Å²) in [6.45, 7) is 8.72. The van der Waals surface area contributed by atoms with E-state index in [0.717, 1.165) is 36.9 Å². The number of hydrogen-bond acceptors (Lipinski definition) is 3. The van der Waals surface area contributed by atoms with Crippen molar-refractivity contribution in [2.75, 3.05) is 12.4 Å². The highest BCUT2D eigenvalue weighted by atomic mass is 16.5. The largest absolute Gasteiger partial charge is 0.496 e. The van der Waals surface area contributed by atoms with Crippen LogP contribution in [0.15, 0.2) is 36.4 Å². The number of fused-ring (bicyclic) bond motifs is 3. The molecule has 1 amide bonds. The Bertz CT molecular complexity index is 980. The van der Waals surface area contributed by atoms with Crippen LogP contribution in [0.4, 0.5) is 5.69 Å². The van der Waals surface area contributed by atoms with Gasteiger partial charge < -0.3 is 15.2 Å². The predicted octanol–water partition coefficient (Wildman–Crippen LogP) is 5.26. The number of rotatable bonds is 3. The van der Waals surface area contributed by atoms with E-state index in [0.29, 0.717) is 17.2 Å². The molecule has 4 nitrogen and oxygen atoms in total. The summed E-state index contributed by atoms with van der Waals surface area (Å²) in [6, 6.07) is 11.9. The molecule has 0 radical (unpaired) electrons. The van der Waals surface area contributed by atoms with E-state index in [4.69, 9.17) is 4.74 Å². The zero-order valence-electron chi connectivity index (χ0n) is 18.7. The van der Waals surface area contributed by atoms with Crippen LogP contribution in [0.2, 0.25) is 0 Å². The van der Waals surface area contributed by atoms with Gasteiger partial charge in [0.1, 0.15) is 5.75 Å². The number of aliphatic hydroxyl groups excluding tert-OH is 1. The van der Waals surface area contributed by atoms with Crippen molar-refractivity contribution in [2.45, 2.75) is 64.9 Å². The van der Waals surface area contributed by atoms with Crippen LogP contribution in [0.25, 0.3) is 0 Å². The van der Waals surface area contributed by atoms with Gasteiger partial charge in [0.15, 0.2) is 0 Å². The van der Waals surface area contributed by atoms with E-state index in [2.05, 4.69) is 32.2 Å². The van der Waals surface area contributed by atoms with Crippen LogP contribution >= 0.6 is 0 Å². The molecule has 0 unspecified atom stereocenters. The molecule has 2 aliphatic carbocycles. The maximum Gasteiger partial charge on any atom is 0.259 e. The third-order valence-corrected chi connectivity index (χ3v) is 7.84. The lowest BCUT2D eigenvalue weighted by Gasteiger charge is -2.56. The first kappa shape index (κ1) is 20.9. The van der Waals surface area contributed by atoms with Gasteiger partial charge in [-0.05, 0) is 84.2 Å². The van der Waals surface area contributed by atoms with Crippen molar-refractivity contribution in [3.8, 4) is 5.75 Å². The standard InChI is InChI=1S/C26H33NO3/c1-16-8-6-7-9-20(16)27-24(29)18-14-17-10-11-22-25(2,3)23(28)12-13-26(22,4)19(17)15-21(18)30-5/h6-9,14-15,22-23,28H,10-13H2,1-5H3,(H,27,29)/t22-,23-,26+/m0/s1. The van der Waals surface area contributed by atoms with E-state index in [1.807, 2.05) is 37.3 Å². The van der Waals surface area contributed by atoms with Gasteiger partial charge in [-0.3, -0.25) is 4.79 Å². The number of carbonyl (C=O) groups is 1. The topological polar surface area (TPSA) is 58.6 Å². The van der Waals surface area contributed by atoms with Crippen molar-refractivity contribution in [2.24, 2.45) is 11.3 Å². The lowest BCUT2D eigenvalue weighted by molar-refractivity contribution is -0.0731. The number of amides is 1. The van der Waals surface area contributed by atoms with Gasteiger partial charge in [-0.25, -0.2) is 0 Å². The monoisotopic (exact) mass is 407 g/mol. The molecule has 0 spiro atoms. The Morgan fingerprint density at radius 3 is 2.60 bits per heavy atom. The van der Waals surface area contributed by atoms with Gasteiger partial charge in [-0.1, -0.05) is 39.0 Å². The second-order valence-electron chi connectivity index (χ2n) is 9.86. The Morgan fingerprint density at radius 1 is 1.17 bits per heavy atom. The quantitative estimate of drug-likeness (QED) is 0.730. The molecule has 0 aromatic heterocycles. The molecular weight excluding hydrogens is 374 g/mol. The van der Waals surface area contributed by atoms with Gasteiger partial charge in [-0.15, -0.1) is 0 Å². The number of para-hydroxylation sites is 1. The first-order valence-corrected chi connectivity index (χ1v) is 10.9. The fourth-order valence-electron chi connectivity index (χ4n) is 5.96. The number of methoxy groups -OCH3 is 1. The highest BCUT2D eigenvalue weighted by molar-refractivity contribution is 6.06. The number of aliphatic hydroxyl groups is 1. The highest BCUT2D eigenvalue weighted by Crippen LogP contribution is 2.57. The Kier molecular flexibility index (Phi) is 5.17. The summed E-state index contributed by atoms with van der Waals surface area (Å²) in [5.74, 6) is 0.874. The molecule has 2 aliphatic rings. The van der Waals surface area contributed by atoms with Crippen molar-refractivity contribution >= 4 is 11.6 Å². The van der Waals surface area contributed by atoms with E-state index in [9.17, 15) is 9.90 Å². The maximum atomic E-state index is 13.1. The summed E-state index contributed by atoms with van der Waals surface area (Å²) < 4.78 is 5.69. The number of nitrogens with one attached hydrogen (secondary N) is 1. The Morgan fingerprint density at radius 2 is 1.90 bits per heavy atom. The summed E-state index contributed by atoms with van der Waals surface area (Å²) in [5.41, 5.74) is 4.79. The SMILES string of the molecule is COc1cc2c(cc1C(=O)Nc1ccccc1C)CC[C@H]1C(C)(C)[C@@H](O)CC[C@]21C. The highest BCUT2D eigenvalue weighted by Gasteiger charge is 2.53. The number of anilines is 1. The lowest BCUT2D eigenvalue weighted by atomic mass is 9.49. The van der Waals surface area contributed by atoms with Gasteiger partial charge in [0.05, 0.1) is 18.8 Å². The van der Waals surface area contributed by atoms with Crippen LogP contribution in [-0.2, 0) is 11.8 Å². The van der Waals surface area contributed by atoms with Gasteiger partial charge in [0.25, 0.3) is 5.91 Å². The Hall–Kier alpha value is -2.33. The maximum absolute atomic E-state index is 13.1. The van der Waals surface area contributed by atoms with E-state index in [-0.39, 0.29) is 22.8 Å². The number of ether oxygens (including phenoxy) is 1. The minimum Gasteiger partial charge on any atom is -0.496 e. The number of aryl methyl sites for hydroxylation is 2. The smallest absolute Gasteiger partial charge is 0.259 e. The van der Waals surface area contributed by atoms with Crippen molar-refractivity contribution in [1.82, 2.24) is 0 Å². The normalized spacial score (nSPS) is 27.0. The van der Waals surface area contributed by atoms with Crippen LogP contribution in [-0.4, -0.2) is 24.2 Å². The first-order valence-electron chi connectivity index (χ1n) is 10.9. The van der Waals surface area contributed by atoms with Crippen LogP contribution in [0.1, 0.15) is 67.1 Å². The van der Waals surface area contributed by atoms with Gasteiger partial charge in [0, 0.05) is 5.69 Å². The van der Waals surface area contributed by atoms with Crippen molar-refractivity contribution in [1.29, 1.82) is 0 Å². The number of benzene rings is 2. The molecule has 0 bridgehead atoms. The number of hydrogen-bond donors (Lipinski definition) is 2. The van der Waals surface area contributed by atoms with Crippen LogP contribution in [0.3, 0.4) is 0 Å². The Labute approximate surface area is 179 Å². The molecular formula is C26H33NO3. The molecule has 3 atom stereocenters. The van der Waals surface area contributed by atoms with Gasteiger partial charge in [0.2, 0.25) is 0 Å². The molecule has 2 N–H and O–H groups in total. The predicted molar refractivity (Wildman–Crippen MR) is 120 cm³/mol. The van der Waals surface area contributed by atoms with Crippen molar-refractivity contribution in [3.63, 3.8) is 0 Å². The third-order valence-electron chi connectivity index (χ3n) is 7.84. The van der Waals surface area contributed by atoms with E-state index in [1.54, 1.807) is 7.11 Å². The summed E-state index contributed by atoms with van der Waals surface area (Å²) in [6.07, 6.45) is 3.43. The summed E-state index contributed by atoms with van der Waals surface area (Å²) >= 11 is 0. The second-order valence-corrected chi connectivity index (χ2v) is 9.86. The molecule has 4 heteroatoms. The number of carbonyl (C=O) groups excluding carboxylic acids is 1.